The van der Waals surface area contributed by atoms with Crippen LogP contribution in [-0.4, -0.2) is 0 Å². The Balaban J connectivity index is 1.68. The standard InChI is InChI=1S/C25H22O3/c1-16-9-10-17(2)20(13-16)15-27-21-11-12-22-23(14-21)28-18(3)24(25(22)26)19-7-5-4-6-8-19/h4-14H,15H2,1-3H3. The molecule has 3 heteroatoms. The number of benzene rings is 3. The van der Waals surface area contributed by atoms with Crippen molar-refractivity contribution in [3.63, 3.8) is 0 Å². The van der Waals surface area contributed by atoms with Gasteiger partial charge in [-0.1, -0.05) is 54.1 Å². The van der Waals surface area contributed by atoms with E-state index in [0.29, 0.717) is 34.6 Å². The van der Waals surface area contributed by atoms with Gasteiger partial charge in [-0.2, -0.15) is 0 Å². The molecule has 0 bridgehead atoms. The number of rotatable bonds is 4. The van der Waals surface area contributed by atoms with Crippen LogP contribution in [-0.2, 0) is 6.61 Å². The molecule has 0 N–H and O–H groups in total. The third kappa shape index (κ3) is 3.44. The molecule has 4 rings (SSSR count). The minimum Gasteiger partial charge on any atom is -0.489 e. The van der Waals surface area contributed by atoms with Crippen LogP contribution in [0.4, 0.5) is 0 Å². The van der Waals surface area contributed by atoms with Crippen molar-refractivity contribution >= 4 is 11.0 Å². The summed E-state index contributed by atoms with van der Waals surface area (Å²) < 4.78 is 12.0. The summed E-state index contributed by atoms with van der Waals surface area (Å²) in [4.78, 5) is 13.0. The van der Waals surface area contributed by atoms with Crippen LogP contribution in [0.25, 0.3) is 22.1 Å². The molecule has 0 fully saturated rings. The second-order valence-corrected chi connectivity index (χ2v) is 7.10. The SMILES string of the molecule is Cc1ccc(C)c(COc2ccc3c(=O)c(-c4ccccc4)c(C)oc3c2)c1. The van der Waals surface area contributed by atoms with Crippen LogP contribution in [0.1, 0.15) is 22.5 Å². The molecular weight excluding hydrogens is 348 g/mol. The highest BCUT2D eigenvalue weighted by atomic mass is 16.5. The molecular formula is C25H22O3. The first-order valence-corrected chi connectivity index (χ1v) is 9.35. The van der Waals surface area contributed by atoms with Crippen molar-refractivity contribution in [3.05, 3.63) is 99.4 Å². The number of fused-ring (bicyclic) bond motifs is 1. The van der Waals surface area contributed by atoms with Crippen molar-refractivity contribution in [2.75, 3.05) is 0 Å². The quantitative estimate of drug-likeness (QED) is 0.445. The molecule has 4 aromatic rings. The first-order valence-electron chi connectivity index (χ1n) is 9.35. The Morgan fingerprint density at radius 2 is 1.68 bits per heavy atom. The van der Waals surface area contributed by atoms with Crippen LogP contribution in [0, 0.1) is 20.8 Å². The normalized spacial score (nSPS) is 11.0. The third-order valence-corrected chi connectivity index (χ3v) is 5.00. The molecule has 0 aliphatic rings. The van der Waals surface area contributed by atoms with E-state index < -0.39 is 0 Å². The second kappa shape index (κ2) is 7.35. The highest BCUT2D eigenvalue weighted by Crippen LogP contribution is 2.26. The second-order valence-electron chi connectivity index (χ2n) is 7.10. The van der Waals surface area contributed by atoms with Gasteiger partial charge in [-0.3, -0.25) is 4.79 Å². The first kappa shape index (κ1) is 18.1. The van der Waals surface area contributed by atoms with E-state index in [2.05, 4.69) is 32.0 Å². The average molecular weight is 370 g/mol. The summed E-state index contributed by atoms with van der Waals surface area (Å²) in [5.41, 5.74) is 5.55. The van der Waals surface area contributed by atoms with Crippen molar-refractivity contribution in [1.82, 2.24) is 0 Å². The maximum atomic E-state index is 13.0. The van der Waals surface area contributed by atoms with Gasteiger partial charge < -0.3 is 9.15 Å². The van der Waals surface area contributed by atoms with E-state index in [4.69, 9.17) is 9.15 Å². The van der Waals surface area contributed by atoms with Crippen molar-refractivity contribution in [3.8, 4) is 16.9 Å². The maximum Gasteiger partial charge on any atom is 0.200 e. The number of ether oxygens (including phenoxy) is 1. The highest BCUT2D eigenvalue weighted by Gasteiger charge is 2.14. The fourth-order valence-corrected chi connectivity index (χ4v) is 3.43. The van der Waals surface area contributed by atoms with E-state index in [1.165, 1.54) is 11.1 Å². The van der Waals surface area contributed by atoms with Gasteiger partial charge in [0, 0.05) is 6.07 Å². The molecule has 0 unspecified atom stereocenters. The van der Waals surface area contributed by atoms with E-state index in [1.54, 1.807) is 12.1 Å². The van der Waals surface area contributed by atoms with E-state index in [-0.39, 0.29) is 5.43 Å². The topological polar surface area (TPSA) is 39.4 Å². The lowest BCUT2D eigenvalue weighted by Gasteiger charge is -2.11. The van der Waals surface area contributed by atoms with Crippen LogP contribution < -0.4 is 10.2 Å². The summed E-state index contributed by atoms with van der Waals surface area (Å²) in [6, 6.07) is 21.3. The number of hydrogen-bond donors (Lipinski definition) is 0. The molecule has 1 heterocycles. The molecule has 0 aliphatic heterocycles. The lowest BCUT2D eigenvalue weighted by Crippen LogP contribution is -2.07. The van der Waals surface area contributed by atoms with Gasteiger partial charge in [-0.15, -0.1) is 0 Å². The largest absolute Gasteiger partial charge is 0.489 e. The van der Waals surface area contributed by atoms with Gasteiger partial charge in [-0.25, -0.2) is 0 Å². The summed E-state index contributed by atoms with van der Waals surface area (Å²) in [6.45, 7) is 6.45. The van der Waals surface area contributed by atoms with E-state index in [0.717, 1.165) is 11.1 Å². The van der Waals surface area contributed by atoms with Gasteiger partial charge in [0.2, 0.25) is 5.43 Å². The first-order chi connectivity index (χ1) is 13.5. The van der Waals surface area contributed by atoms with Gasteiger partial charge >= 0.3 is 0 Å². The molecule has 0 spiro atoms. The molecule has 0 aliphatic carbocycles. The van der Waals surface area contributed by atoms with Gasteiger partial charge in [0.25, 0.3) is 0 Å². The fourth-order valence-electron chi connectivity index (χ4n) is 3.43. The van der Waals surface area contributed by atoms with Crippen molar-refractivity contribution in [1.29, 1.82) is 0 Å². The Morgan fingerprint density at radius 3 is 2.46 bits per heavy atom. The van der Waals surface area contributed by atoms with E-state index >= 15 is 0 Å². The van der Waals surface area contributed by atoms with Crippen LogP contribution in [0.2, 0.25) is 0 Å². The summed E-state index contributed by atoms with van der Waals surface area (Å²) in [7, 11) is 0. The molecule has 28 heavy (non-hydrogen) atoms. The predicted octanol–water partition coefficient (Wildman–Crippen LogP) is 5.96. The zero-order valence-corrected chi connectivity index (χ0v) is 16.3. The summed E-state index contributed by atoms with van der Waals surface area (Å²) >= 11 is 0. The average Bonchev–Trinajstić information content (AvgIpc) is 2.69. The highest BCUT2D eigenvalue weighted by molar-refractivity contribution is 5.83. The molecule has 0 saturated heterocycles. The Bertz CT molecular complexity index is 1200. The van der Waals surface area contributed by atoms with Crippen LogP contribution >= 0.6 is 0 Å². The molecule has 0 radical (unpaired) electrons. The monoisotopic (exact) mass is 370 g/mol. The van der Waals surface area contributed by atoms with Crippen molar-refractivity contribution < 1.29 is 9.15 Å². The Labute approximate surface area is 164 Å². The van der Waals surface area contributed by atoms with Gasteiger partial charge in [0.05, 0.1) is 10.9 Å². The zero-order valence-electron chi connectivity index (χ0n) is 16.3. The fraction of sp³-hybridized carbons (Fsp3) is 0.160. The molecule has 0 atom stereocenters. The van der Waals surface area contributed by atoms with Gasteiger partial charge in [0.15, 0.2) is 0 Å². The van der Waals surface area contributed by atoms with Gasteiger partial charge in [0.1, 0.15) is 23.7 Å². The van der Waals surface area contributed by atoms with Crippen LogP contribution in [0.3, 0.4) is 0 Å². The summed E-state index contributed by atoms with van der Waals surface area (Å²) in [5.74, 6) is 1.29. The van der Waals surface area contributed by atoms with E-state index in [9.17, 15) is 4.79 Å². The smallest absolute Gasteiger partial charge is 0.200 e. The third-order valence-electron chi connectivity index (χ3n) is 5.00. The molecule has 0 amide bonds. The molecule has 140 valence electrons. The number of aryl methyl sites for hydroxylation is 3. The molecule has 0 saturated carbocycles. The Morgan fingerprint density at radius 1 is 0.893 bits per heavy atom. The minimum absolute atomic E-state index is 0.0222. The zero-order chi connectivity index (χ0) is 19.7. The minimum atomic E-state index is -0.0222. The predicted molar refractivity (Wildman–Crippen MR) is 113 cm³/mol. The van der Waals surface area contributed by atoms with Crippen LogP contribution in [0.5, 0.6) is 5.75 Å². The van der Waals surface area contributed by atoms with E-state index in [1.807, 2.05) is 43.3 Å². The lowest BCUT2D eigenvalue weighted by molar-refractivity contribution is 0.305. The Hall–Kier alpha value is -3.33. The summed E-state index contributed by atoms with van der Waals surface area (Å²) in [6.07, 6.45) is 0. The molecule has 1 aromatic heterocycles. The van der Waals surface area contributed by atoms with Gasteiger partial charge in [-0.05, 0) is 49.6 Å². The van der Waals surface area contributed by atoms with Crippen molar-refractivity contribution in [2.24, 2.45) is 0 Å². The van der Waals surface area contributed by atoms with Crippen LogP contribution in [0.15, 0.2) is 75.9 Å². The van der Waals surface area contributed by atoms with Crippen molar-refractivity contribution in [2.45, 2.75) is 27.4 Å². The molecule has 3 nitrogen and oxygen atoms in total. The Kier molecular flexibility index (Phi) is 4.74. The molecule has 3 aromatic carbocycles. The number of hydrogen-bond acceptors (Lipinski definition) is 3. The summed E-state index contributed by atoms with van der Waals surface area (Å²) in [5, 5.41) is 0.559. The lowest BCUT2D eigenvalue weighted by atomic mass is 10.0. The maximum absolute atomic E-state index is 13.0.